The van der Waals surface area contributed by atoms with Crippen LogP contribution in [-0.2, 0) is 0 Å². The zero-order chi connectivity index (χ0) is 13.0. The molecule has 1 fully saturated rings. The molecule has 2 rings (SSSR count). The molecule has 0 radical (unpaired) electrons. The minimum atomic E-state index is -4.36. The third-order valence-electron chi connectivity index (χ3n) is 2.45. The lowest BCUT2D eigenvalue weighted by atomic mass is 10.3. The Kier molecular flexibility index (Phi) is 7.92. The van der Waals surface area contributed by atoms with Gasteiger partial charge in [0.05, 0.1) is 0 Å². The fraction of sp³-hybridized carbons (Fsp3) is 0.600. The van der Waals surface area contributed by atoms with E-state index in [1.54, 1.807) is 0 Å². The smallest absolute Gasteiger partial charge is 0.422 e. The molecule has 0 bridgehead atoms. The third kappa shape index (κ3) is 5.98. The summed E-state index contributed by atoms with van der Waals surface area (Å²) in [6.07, 6.45) is -3.15. The summed E-state index contributed by atoms with van der Waals surface area (Å²) in [5.41, 5.74) is 0. The van der Waals surface area contributed by atoms with Gasteiger partial charge in [0.1, 0.15) is 12.1 Å². The van der Waals surface area contributed by atoms with E-state index in [-0.39, 0.29) is 30.7 Å². The standard InChI is InChI=1S/C10H13F3N4O.2ClH/c11-10(12,13)6-18-9-5-8(15-7-16-9)17-3-1-14-2-4-17;;/h5,7,14H,1-4,6H2;2*1H. The number of nitrogens with one attached hydrogen (secondary N) is 1. The Hall–Kier alpha value is -0.990. The van der Waals surface area contributed by atoms with Crippen molar-refractivity contribution in [3.05, 3.63) is 12.4 Å². The third-order valence-corrected chi connectivity index (χ3v) is 2.45. The lowest BCUT2D eigenvalue weighted by Crippen LogP contribution is -2.43. The van der Waals surface area contributed by atoms with Crippen LogP contribution in [0, 0.1) is 0 Å². The van der Waals surface area contributed by atoms with Gasteiger partial charge in [-0.1, -0.05) is 0 Å². The van der Waals surface area contributed by atoms with E-state index >= 15 is 0 Å². The maximum absolute atomic E-state index is 12.0. The van der Waals surface area contributed by atoms with Gasteiger partial charge in [0.15, 0.2) is 6.61 Å². The second-order valence-electron chi connectivity index (χ2n) is 3.86. The van der Waals surface area contributed by atoms with E-state index in [0.717, 1.165) is 26.2 Å². The van der Waals surface area contributed by atoms with Gasteiger partial charge in [-0.3, -0.25) is 0 Å². The Balaban J connectivity index is 0.00000180. The summed E-state index contributed by atoms with van der Waals surface area (Å²) in [6.45, 7) is 1.82. The van der Waals surface area contributed by atoms with Gasteiger partial charge in [-0.25, -0.2) is 9.97 Å². The topological polar surface area (TPSA) is 50.3 Å². The Bertz CT molecular complexity index is 402. The van der Waals surface area contributed by atoms with Crippen LogP contribution in [0.4, 0.5) is 19.0 Å². The first-order chi connectivity index (χ1) is 8.54. The molecule has 20 heavy (non-hydrogen) atoms. The number of anilines is 1. The molecule has 10 heteroatoms. The molecule has 0 amide bonds. The van der Waals surface area contributed by atoms with Crippen molar-refractivity contribution in [3.8, 4) is 5.88 Å². The van der Waals surface area contributed by atoms with Crippen LogP contribution in [0.2, 0.25) is 0 Å². The fourth-order valence-corrected chi connectivity index (χ4v) is 1.63. The highest BCUT2D eigenvalue weighted by Gasteiger charge is 2.28. The van der Waals surface area contributed by atoms with Crippen LogP contribution in [0.3, 0.4) is 0 Å². The first-order valence-corrected chi connectivity index (χ1v) is 5.52. The molecular weight excluding hydrogens is 320 g/mol. The molecule has 5 nitrogen and oxygen atoms in total. The van der Waals surface area contributed by atoms with Gasteiger partial charge in [-0.15, -0.1) is 24.8 Å². The van der Waals surface area contributed by atoms with Crippen molar-refractivity contribution in [1.29, 1.82) is 0 Å². The van der Waals surface area contributed by atoms with Crippen molar-refractivity contribution in [2.45, 2.75) is 6.18 Å². The number of nitrogens with zero attached hydrogens (tertiary/aromatic N) is 3. The molecule has 1 aromatic heterocycles. The summed E-state index contributed by atoms with van der Waals surface area (Å²) >= 11 is 0. The van der Waals surface area contributed by atoms with E-state index in [9.17, 15) is 13.2 Å². The second kappa shape index (κ2) is 8.33. The Labute approximate surface area is 126 Å². The number of piperazine rings is 1. The minimum Gasteiger partial charge on any atom is -0.468 e. The number of ether oxygens (including phenoxy) is 1. The Morgan fingerprint density at radius 1 is 1.20 bits per heavy atom. The van der Waals surface area contributed by atoms with Crippen LogP contribution in [-0.4, -0.2) is 48.9 Å². The molecule has 0 aromatic carbocycles. The van der Waals surface area contributed by atoms with E-state index in [4.69, 9.17) is 0 Å². The van der Waals surface area contributed by atoms with Gasteiger partial charge in [-0.05, 0) is 0 Å². The molecule has 2 heterocycles. The molecule has 0 unspecified atom stereocenters. The molecule has 1 aliphatic rings. The maximum Gasteiger partial charge on any atom is 0.422 e. The minimum absolute atomic E-state index is 0. The summed E-state index contributed by atoms with van der Waals surface area (Å²) in [7, 11) is 0. The zero-order valence-corrected chi connectivity index (χ0v) is 12.0. The summed E-state index contributed by atoms with van der Waals surface area (Å²) in [5, 5.41) is 3.18. The van der Waals surface area contributed by atoms with Gasteiger partial charge in [0, 0.05) is 32.2 Å². The van der Waals surface area contributed by atoms with Crippen molar-refractivity contribution in [2.75, 3.05) is 37.7 Å². The van der Waals surface area contributed by atoms with Crippen LogP contribution in [0.1, 0.15) is 0 Å². The maximum atomic E-state index is 12.0. The number of aromatic nitrogens is 2. The molecule has 1 saturated heterocycles. The van der Waals surface area contributed by atoms with E-state index in [2.05, 4.69) is 20.0 Å². The Morgan fingerprint density at radius 2 is 1.85 bits per heavy atom. The molecule has 1 N–H and O–H groups in total. The van der Waals surface area contributed by atoms with Crippen LogP contribution >= 0.6 is 24.8 Å². The summed E-state index contributed by atoms with van der Waals surface area (Å²) in [4.78, 5) is 9.67. The van der Waals surface area contributed by atoms with E-state index in [1.807, 2.05) is 4.90 Å². The van der Waals surface area contributed by atoms with E-state index in [0.29, 0.717) is 5.82 Å². The number of hydrogen-bond acceptors (Lipinski definition) is 5. The quantitative estimate of drug-likeness (QED) is 0.911. The van der Waals surface area contributed by atoms with E-state index < -0.39 is 12.8 Å². The lowest BCUT2D eigenvalue weighted by Gasteiger charge is -2.28. The average Bonchev–Trinajstić information content (AvgIpc) is 2.37. The van der Waals surface area contributed by atoms with Gasteiger partial charge in [0.25, 0.3) is 0 Å². The summed E-state index contributed by atoms with van der Waals surface area (Å²) in [5.74, 6) is 0.527. The Morgan fingerprint density at radius 3 is 2.45 bits per heavy atom. The SMILES string of the molecule is Cl.Cl.FC(F)(F)COc1cc(N2CCNCC2)ncn1. The highest BCUT2D eigenvalue weighted by Crippen LogP contribution is 2.19. The first-order valence-electron chi connectivity index (χ1n) is 5.52. The molecular formula is C10H15Cl2F3N4O. The molecule has 0 saturated carbocycles. The van der Waals surface area contributed by atoms with Crippen LogP contribution in [0.5, 0.6) is 5.88 Å². The normalized spacial score (nSPS) is 15.1. The molecule has 0 aliphatic carbocycles. The number of halogens is 5. The van der Waals surface area contributed by atoms with Crippen molar-refractivity contribution in [3.63, 3.8) is 0 Å². The number of alkyl halides is 3. The largest absolute Gasteiger partial charge is 0.468 e. The summed E-state index contributed by atoms with van der Waals surface area (Å²) in [6, 6.07) is 1.43. The summed E-state index contributed by atoms with van der Waals surface area (Å²) < 4.78 is 40.6. The number of rotatable bonds is 3. The molecule has 0 atom stereocenters. The molecule has 116 valence electrons. The zero-order valence-electron chi connectivity index (χ0n) is 10.4. The highest BCUT2D eigenvalue weighted by atomic mass is 35.5. The molecule has 1 aliphatic heterocycles. The fourth-order valence-electron chi connectivity index (χ4n) is 1.63. The van der Waals surface area contributed by atoms with Crippen molar-refractivity contribution in [1.82, 2.24) is 15.3 Å². The highest BCUT2D eigenvalue weighted by molar-refractivity contribution is 5.85. The second-order valence-corrected chi connectivity index (χ2v) is 3.86. The predicted molar refractivity (Wildman–Crippen MR) is 73.2 cm³/mol. The van der Waals surface area contributed by atoms with Crippen molar-refractivity contribution < 1.29 is 17.9 Å². The molecule has 1 aromatic rings. The van der Waals surface area contributed by atoms with Gasteiger partial charge in [-0.2, -0.15) is 13.2 Å². The van der Waals surface area contributed by atoms with Crippen LogP contribution in [0.15, 0.2) is 12.4 Å². The van der Waals surface area contributed by atoms with Gasteiger partial charge >= 0.3 is 6.18 Å². The van der Waals surface area contributed by atoms with Crippen LogP contribution < -0.4 is 15.0 Å². The lowest BCUT2D eigenvalue weighted by molar-refractivity contribution is -0.154. The van der Waals surface area contributed by atoms with E-state index in [1.165, 1.54) is 12.4 Å². The molecule has 0 spiro atoms. The predicted octanol–water partition coefficient (Wildman–Crippen LogP) is 1.67. The van der Waals surface area contributed by atoms with Crippen molar-refractivity contribution in [2.24, 2.45) is 0 Å². The number of hydrogen-bond donors (Lipinski definition) is 1. The average molecular weight is 335 g/mol. The van der Waals surface area contributed by atoms with Crippen LogP contribution in [0.25, 0.3) is 0 Å². The van der Waals surface area contributed by atoms with Gasteiger partial charge in [0.2, 0.25) is 5.88 Å². The monoisotopic (exact) mass is 334 g/mol. The van der Waals surface area contributed by atoms with Gasteiger partial charge < -0.3 is 15.0 Å². The van der Waals surface area contributed by atoms with Crippen molar-refractivity contribution >= 4 is 30.6 Å². The first kappa shape index (κ1) is 19.0.